The highest BCUT2D eigenvalue weighted by Crippen LogP contribution is 2.19. The van der Waals surface area contributed by atoms with Crippen molar-refractivity contribution in [2.45, 2.75) is 19.1 Å². The molecule has 0 saturated carbocycles. The zero-order valence-electron chi connectivity index (χ0n) is 12.8. The van der Waals surface area contributed by atoms with E-state index in [-0.39, 0.29) is 13.0 Å². The van der Waals surface area contributed by atoms with Gasteiger partial charge in [0.15, 0.2) is 0 Å². The van der Waals surface area contributed by atoms with Gasteiger partial charge >= 0.3 is 5.97 Å². The predicted octanol–water partition coefficient (Wildman–Crippen LogP) is 1.87. The van der Waals surface area contributed by atoms with Gasteiger partial charge in [0.05, 0.1) is 17.7 Å². The second kappa shape index (κ2) is 6.95. The number of carbonyl (C=O) groups excluding carboxylic acids is 3. The zero-order valence-corrected chi connectivity index (χ0v) is 12.8. The van der Waals surface area contributed by atoms with Gasteiger partial charge in [0.2, 0.25) is 5.91 Å². The van der Waals surface area contributed by atoms with Crippen molar-refractivity contribution in [1.82, 2.24) is 5.32 Å². The van der Waals surface area contributed by atoms with Crippen LogP contribution in [0.3, 0.4) is 0 Å². The number of benzene rings is 2. The molecule has 6 nitrogen and oxygen atoms in total. The number of para-hydroxylation sites is 1. The first-order valence-electron chi connectivity index (χ1n) is 7.54. The monoisotopic (exact) mass is 324 g/mol. The highest BCUT2D eigenvalue weighted by Gasteiger charge is 2.29. The Hall–Kier alpha value is -3.15. The lowest BCUT2D eigenvalue weighted by Crippen LogP contribution is -2.42. The molecule has 0 radical (unpaired) electrons. The topological polar surface area (TPSA) is 84.5 Å². The van der Waals surface area contributed by atoms with Gasteiger partial charge in [-0.25, -0.2) is 0 Å². The fourth-order valence-corrected chi connectivity index (χ4v) is 2.42. The molecule has 0 saturated heterocycles. The zero-order chi connectivity index (χ0) is 16.9. The molecular weight excluding hydrogens is 308 g/mol. The molecule has 0 aliphatic carbocycles. The van der Waals surface area contributed by atoms with E-state index in [1.54, 1.807) is 24.3 Å². The predicted molar refractivity (Wildman–Crippen MR) is 87.2 cm³/mol. The van der Waals surface area contributed by atoms with Crippen LogP contribution in [0, 0.1) is 0 Å². The molecule has 24 heavy (non-hydrogen) atoms. The number of esters is 1. The number of anilines is 1. The number of rotatable bonds is 4. The Balaban J connectivity index is 1.62. The van der Waals surface area contributed by atoms with Gasteiger partial charge in [0.1, 0.15) is 12.6 Å². The molecule has 1 atom stereocenters. The Labute approximate surface area is 138 Å². The molecule has 122 valence electrons. The maximum absolute atomic E-state index is 12.2. The summed E-state index contributed by atoms with van der Waals surface area (Å²) < 4.78 is 5.16. The van der Waals surface area contributed by atoms with E-state index in [0.717, 1.165) is 5.56 Å². The van der Waals surface area contributed by atoms with Crippen LogP contribution in [0.4, 0.5) is 5.69 Å². The van der Waals surface area contributed by atoms with E-state index in [2.05, 4.69) is 10.6 Å². The van der Waals surface area contributed by atoms with Crippen LogP contribution in [0.1, 0.15) is 22.3 Å². The molecule has 0 aromatic heterocycles. The maximum Gasteiger partial charge on any atom is 0.308 e. The summed E-state index contributed by atoms with van der Waals surface area (Å²) in [5.74, 6) is -1.39. The van der Waals surface area contributed by atoms with Gasteiger partial charge in [-0.2, -0.15) is 0 Å². The van der Waals surface area contributed by atoms with Crippen molar-refractivity contribution in [2.24, 2.45) is 0 Å². The van der Waals surface area contributed by atoms with Crippen LogP contribution in [-0.2, 0) is 20.9 Å². The summed E-state index contributed by atoms with van der Waals surface area (Å²) in [5, 5.41) is 5.21. The van der Waals surface area contributed by atoms with Gasteiger partial charge < -0.3 is 15.4 Å². The molecule has 2 amide bonds. The van der Waals surface area contributed by atoms with Gasteiger partial charge in [-0.15, -0.1) is 0 Å². The number of ether oxygens (including phenoxy) is 1. The molecule has 2 N–H and O–H groups in total. The first kappa shape index (κ1) is 15.7. The standard InChI is InChI=1S/C18H16N2O4/c21-16(24-11-12-6-2-1-3-7-12)10-15-18(23)19-14-9-5-4-8-13(14)17(22)20-15/h1-9,15H,10-11H2,(H,19,23)(H,20,22)/t15-/m0/s1. The van der Waals surface area contributed by atoms with Crippen molar-refractivity contribution >= 4 is 23.5 Å². The summed E-state index contributed by atoms with van der Waals surface area (Å²) in [6, 6.07) is 15.0. The average Bonchev–Trinajstić information content (AvgIpc) is 2.71. The van der Waals surface area contributed by atoms with Crippen molar-refractivity contribution in [1.29, 1.82) is 0 Å². The highest BCUT2D eigenvalue weighted by molar-refractivity contribution is 6.10. The summed E-state index contributed by atoms with van der Waals surface area (Å²) in [5.41, 5.74) is 1.65. The molecule has 2 aromatic rings. The molecule has 6 heteroatoms. The molecule has 0 fully saturated rings. The number of hydrogen-bond donors (Lipinski definition) is 2. The van der Waals surface area contributed by atoms with E-state index in [1.807, 2.05) is 30.3 Å². The van der Waals surface area contributed by atoms with Crippen molar-refractivity contribution in [3.63, 3.8) is 0 Å². The van der Waals surface area contributed by atoms with E-state index >= 15 is 0 Å². The number of amides is 2. The molecule has 0 spiro atoms. The molecule has 1 aliphatic rings. The molecule has 2 aromatic carbocycles. The molecule has 3 rings (SSSR count). The number of hydrogen-bond acceptors (Lipinski definition) is 4. The third kappa shape index (κ3) is 3.60. The fraction of sp³-hybridized carbons (Fsp3) is 0.167. The summed E-state index contributed by atoms with van der Waals surface area (Å²) in [7, 11) is 0. The largest absolute Gasteiger partial charge is 0.461 e. The van der Waals surface area contributed by atoms with Crippen LogP contribution in [0.25, 0.3) is 0 Å². The van der Waals surface area contributed by atoms with Crippen LogP contribution in [0.15, 0.2) is 54.6 Å². The Kier molecular flexibility index (Phi) is 4.56. The summed E-state index contributed by atoms with van der Waals surface area (Å²) in [6.07, 6.45) is -0.224. The van der Waals surface area contributed by atoms with Crippen LogP contribution in [0.5, 0.6) is 0 Å². The third-order valence-corrected chi connectivity index (χ3v) is 3.66. The maximum atomic E-state index is 12.2. The average molecular weight is 324 g/mol. The van der Waals surface area contributed by atoms with E-state index in [0.29, 0.717) is 11.3 Å². The molecule has 1 heterocycles. The number of carbonyl (C=O) groups is 3. The Bertz CT molecular complexity index is 774. The lowest BCUT2D eigenvalue weighted by Gasteiger charge is -2.14. The molecule has 0 unspecified atom stereocenters. The molecule has 0 bridgehead atoms. The van der Waals surface area contributed by atoms with Gasteiger partial charge in [0, 0.05) is 0 Å². The molecular formula is C18H16N2O4. The first-order chi connectivity index (χ1) is 11.6. The number of fused-ring (bicyclic) bond motifs is 1. The van der Waals surface area contributed by atoms with Crippen LogP contribution >= 0.6 is 0 Å². The van der Waals surface area contributed by atoms with Crippen molar-refractivity contribution < 1.29 is 19.1 Å². The van der Waals surface area contributed by atoms with E-state index < -0.39 is 23.8 Å². The van der Waals surface area contributed by atoms with Crippen molar-refractivity contribution in [3.8, 4) is 0 Å². The van der Waals surface area contributed by atoms with Gasteiger partial charge in [-0.3, -0.25) is 14.4 Å². The Morgan fingerprint density at radius 1 is 1.00 bits per heavy atom. The Morgan fingerprint density at radius 2 is 1.71 bits per heavy atom. The lowest BCUT2D eigenvalue weighted by molar-refractivity contribution is -0.146. The highest BCUT2D eigenvalue weighted by atomic mass is 16.5. The van der Waals surface area contributed by atoms with E-state index in [4.69, 9.17) is 4.74 Å². The van der Waals surface area contributed by atoms with Gasteiger partial charge in [0.25, 0.3) is 5.91 Å². The normalized spacial score (nSPS) is 16.4. The minimum atomic E-state index is -0.965. The summed E-state index contributed by atoms with van der Waals surface area (Å²) in [6.45, 7) is 0.127. The van der Waals surface area contributed by atoms with Crippen molar-refractivity contribution in [3.05, 3.63) is 65.7 Å². The van der Waals surface area contributed by atoms with Crippen molar-refractivity contribution in [2.75, 3.05) is 5.32 Å². The lowest BCUT2D eigenvalue weighted by atomic mass is 10.1. The number of nitrogens with one attached hydrogen (secondary N) is 2. The van der Waals surface area contributed by atoms with Gasteiger partial charge in [-0.1, -0.05) is 42.5 Å². The Morgan fingerprint density at radius 3 is 2.50 bits per heavy atom. The van der Waals surface area contributed by atoms with E-state index in [9.17, 15) is 14.4 Å². The summed E-state index contributed by atoms with van der Waals surface area (Å²) >= 11 is 0. The summed E-state index contributed by atoms with van der Waals surface area (Å²) in [4.78, 5) is 36.3. The quantitative estimate of drug-likeness (QED) is 0.841. The van der Waals surface area contributed by atoms with Crippen LogP contribution < -0.4 is 10.6 Å². The van der Waals surface area contributed by atoms with E-state index in [1.165, 1.54) is 0 Å². The third-order valence-electron chi connectivity index (χ3n) is 3.66. The first-order valence-corrected chi connectivity index (χ1v) is 7.54. The minimum absolute atomic E-state index is 0.127. The van der Waals surface area contributed by atoms with Crippen LogP contribution in [-0.4, -0.2) is 23.8 Å². The molecule has 1 aliphatic heterocycles. The van der Waals surface area contributed by atoms with Gasteiger partial charge in [-0.05, 0) is 17.7 Å². The second-order valence-electron chi connectivity index (χ2n) is 5.41. The smallest absolute Gasteiger partial charge is 0.308 e. The second-order valence-corrected chi connectivity index (χ2v) is 5.41. The SMILES string of the molecule is O=C(C[C@@H]1NC(=O)c2ccccc2NC1=O)OCc1ccccc1. The van der Waals surface area contributed by atoms with Crippen LogP contribution in [0.2, 0.25) is 0 Å². The minimum Gasteiger partial charge on any atom is -0.461 e. The fourth-order valence-electron chi connectivity index (χ4n) is 2.42.